The molecule has 2 nitrogen and oxygen atoms in total. The van der Waals surface area contributed by atoms with Gasteiger partial charge in [-0.1, -0.05) is 44.2 Å². The number of nitrogens with one attached hydrogen (secondary N) is 1. The van der Waals surface area contributed by atoms with Gasteiger partial charge in [-0.15, -0.1) is 0 Å². The van der Waals surface area contributed by atoms with Crippen molar-refractivity contribution in [3.8, 4) is 0 Å². The predicted octanol–water partition coefficient (Wildman–Crippen LogP) is 3.63. The average molecular weight is 286 g/mol. The molecule has 4 atom stereocenters. The molecule has 1 saturated heterocycles. The lowest BCUT2D eigenvalue weighted by atomic mass is 9.90. The van der Waals surface area contributed by atoms with Gasteiger partial charge < -0.3 is 5.32 Å². The van der Waals surface area contributed by atoms with Crippen molar-refractivity contribution >= 4 is 0 Å². The highest BCUT2D eigenvalue weighted by Gasteiger charge is 2.38. The summed E-state index contributed by atoms with van der Waals surface area (Å²) in [4.78, 5) is 2.78. The van der Waals surface area contributed by atoms with Crippen LogP contribution in [0.15, 0.2) is 30.3 Å². The molecule has 0 aromatic heterocycles. The van der Waals surface area contributed by atoms with Crippen molar-refractivity contribution in [2.45, 2.75) is 51.6 Å². The molecular formula is C19H30N2. The molecule has 1 N–H and O–H groups in total. The van der Waals surface area contributed by atoms with Crippen LogP contribution in [0.5, 0.6) is 0 Å². The minimum Gasteiger partial charge on any atom is -0.307 e. The van der Waals surface area contributed by atoms with Crippen LogP contribution in [-0.2, 0) is 5.54 Å². The summed E-state index contributed by atoms with van der Waals surface area (Å²) in [6, 6.07) is 11.8. The second-order valence-electron chi connectivity index (χ2n) is 7.43. The van der Waals surface area contributed by atoms with Crippen LogP contribution in [0.2, 0.25) is 0 Å². The van der Waals surface area contributed by atoms with E-state index in [4.69, 9.17) is 0 Å². The fourth-order valence-corrected chi connectivity index (χ4v) is 4.32. The highest BCUT2D eigenvalue weighted by Crippen LogP contribution is 2.36. The van der Waals surface area contributed by atoms with Crippen LogP contribution in [0.25, 0.3) is 0 Å². The summed E-state index contributed by atoms with van der Waals surface area (Å²) < 4.78 is 0. The molecule has 2 heteroatoms. The topological polar surface area (TPSA) is 15.3 Å². The number of benzene rings is 1. The predicted molar refractivity (Wildman–Crippen MR) is 89.3 cm³/mol. The van der Waals surface area contributed by atoms with E-state index in [1.165, 1.54) is 31.4 Å². The molecule has 1 heterocycles. The van der Waals surface area contributed by atoms with Crippen molar-refractivity contribution in [2.75, 3.05) is 19.6 Å². The van der Waals surface area contributed by atoms with Crippen LogP contribution in [-0.4, -0.2) is 30.6 Å². The van der Waals surface area contributed by atoms with E-state index in [2.05, 4.69) is 61.3 Å². The molecule has 2 aliphatic rings. The summed E-state index contributed by atoms with van der Waals surface area (Å²) in [6.45, 7) is 10.8. The second kappa shape index (κ2) is 6.10. The van der Waals surface area contributed by atoms with Crippen molar-refractivity contribution in [1.29, 1.82) is 0 Å². The molecule has 0 radical (unpaired) electrons. The van der Waals surface area contributed by atoms with Crippen LogP contribution in [0, 0.1) is 11.8 Å². The first kappa shape index (κ1) is 15.1. The van der Waals surface area contributed by atoms with Gasteiger partial charge in [-0.25, -0.2) is 0 Å². The second-order valence-corrected chi connectivity index (χ2v) is 7.43. The Morgan fingerprint density at radius 2 is 1.90 bits per heavy atom. The zero-order valence-electron chi connectivity index (χ0n) is 13.8. The minimum absolute atomic E-state index is 0.0866. The van der Waals surface area contributed by atoms with E-state index < -0.39 is 0 Å². The lowest BCUT2D eigenvalue weighted by Crippen LogP contribution is -2.49. The molecule has 0 amide bonds. The summed E-state index contributed by atoms with van der Waals surface area (Å²) in [7, 11) is 0. The fraction of sp³-hybridized carbons (Fsp3) is 0.684. The Morgan fingerprint density at radius 1 is 1.14 bits per heavy atom. The van der Waals surface area contributed by atoms with Crippen molar-refractivity contribution in [3.05, 3.63) is 35.9 Å². The van der Waals surface area contributed by atoms with Gasteiger partial charge in [-0.05, 0) is 56.7 Å². The van der Waals surface area contributed by atoms with Gasteiger partial charge in [-0.2, -0.15) is 0 Å². The monoisotopic (exact) mass is 286 g/mol. The van der Waals surface area contributed by atoms with Gasteiger partial charge in [0, 0.05) is 12.6 Å². The Labute approximate surface area is 129 Å². The van der Waals surface area contributed by atoms with Crippen molar-refractivity contribution < 1.29 is 0 Å². The van der Waals surface area contributed by atoms with Crippen molar-refractivity contribution in [1.82, 2.24) is 10.2 Å². The first-order valence-corrected chi connectivity index (χ1v) is 8.65. The van der Waals surface area contributed by atoms with E-state index in [1.54, 1.807) is 0 Å². The van der Waals surface area contributed by atoms with Gasteiger partial charge in [0.25, 0.3) is 0 Å². The summed E-state index contributed by atoms with van der Waals surface area (Å²) in [6.07, 6.45) is 4.05. The Balaban J connectivity index is 1.81. The van der Waals surface area contributed by atoms with Crippen LogP contribution in [0.1, 0.15) is 45.6 Å². The molecule has 0 bridgehead atoms. The summed E-state index contributed by atoms with van der Waals surface area (Å²) >= 11 is 0. The number of hydrogen-bond donors (Lipinski definition) is 1. The quantitative estimate of drug-likeness (QED) is 0.893. The lowest BCUT2D eigenvalue weighted by molar-refractivity contribution is 0.131. The molecule has 116 valence electrons. The van der Waals surface area contributed by atoms with Crippen LogP contribution < -0.4 is 5.32 Å². The third kappa shape index (κ3) is 3.02. The SMILES string of the molecule is CC1CCC(N2CCCNC(C)(c3ccccc3)C2)C1C. The maximum Gasteiger partial charge on any atom is 0.0535 e. The number of nitrogens with zero attached hydrogens (tertiary/aromatic N) is 1. The highest BCUT2D eigenvalue weighted by atomic mass is 15.2. The van der Waals surface area contributed by atoms with E-state index in [0.29, 0.717) is 0 Å². The molecule has 1 aromatic rings. The Bertz CT molecular complexity index is 458. The van der Waals surface area contributed by atoms with Crippen LogP contribution in [0.3, 0.4) is 0 Å². The van der Waals surface area contributed by atoms with E-state index in [-0.39, 0.29) is 5.54 Å². The lowest BCUT2D eigenvalue weighted by Gasteiger charge is -2.38. The molecule has 0 spiro atoms. The summed E-state index contributed by atoms with van der Waals surface area (Å²) in [5, 5.41) is 3.81. The summed E-state index contributed by atoms with van der Waals surface area (Å²) in [5.74, 6) is 1.72. The smallest absolute Gasteiger partial charge is 0.0535 e. The van der Waals surface area contributed by atoms with E-state index in [9.17, 15) is 0 Å². The molecule has 1 saturated carbocycles. The van der Waals surface area contributed by atoms with Gasteiger partial charge in [0.2, 0.25) is 0 Å². The van der Waals surface area contributed by atoms with Crippen LogP contribution in [0.4, 0.5) is 0 Å². The minimum atomic E-state index is 0.0866. The molecular weight excluding hydrogens is 256 g/mol. The Hall–Kier alpha value is -0.860. The van der Waals surface area contributed by atoms with Gasteiger partial charge >= 0.3 is 0 Å². The highest BCUT2D eigenvalue weighted by molar-refractivity contribution is 5.24. The fourth-order valence-electron chi connectivity index (χ4n) is 4.32. The van der Waals surface area contributed by atoms with E-state index in [1.807, 2.05) is 0 Å². The van der Waals surface area contributed by atoms with Gasteiger partial charge in [-0.3, -0.25) is 4.90 Å². The van der Waals surface area contributed by atoms with Gasteiger partial charge in [0.05, 0.1) is 5.54 Å². The molecule has 1 aromatic carbocycles. The van der Waals surface area contributed by atoms with E-state index in [0.717, 1.165) is 31.0 Å². The standard InChI is InChI=1S/C19H30N2/c1-15-10-11-18(16(15)2)21-13-7-12-20-19(3,14-21)17-8-5-4-6-9-17/h4-6,8-9,15-16,18,20H,7,10-14H2,1-3H3. The van der Waals surface area contributed by atoms with Crippen molar-refractivity contribution in [2.24, 2.45) is 11.8 Å². The third-order valence-corrected chi connectivity index (χ3v) is 5.96. The molecule has 4 unspecified atom stereocenters. The van der Waals surface area contributed by atoms with Crippen molar-refractivity contribution in [3.63, 3.8) is 0 Å². The normalized spacial score (nSPS) is 38.3. The average Bonchev–Trinajstić information content (AvgIpc) is 2.72. The molecule has 21 heavy (non-hydrogen) atoms. The van der Waals surface area contributed by atoms with E-state index >= 15 is 0 Å². The maximum atomic E-state index is 3.81. The summed E-state index contributed by atoms with van der Waals surface area (Å²) in [5.41, 5.74) is 1.51. The van der Waals surface area contributed by atoms with Crippen LogP contribution >= 0.6 is 0 Å². The zero-order valence-corrected chi connectivity index (χ0v) is 13.8. The molecule has 1 aliphatic heterocycles. The molecule has 1 aliphatic carbocycles. The Morgan fingerprint density at radius 3 is 2.57 bits per heavy atom. The Kier molecular flexibility index (Phi) is 4.37. The molecule has 2 fully saturated rings. The number of rotatable bonds is 2. The number of hydrogen-bond acceptors (Lipinski definition) is 2. The van der Waals surface area contributed by atoms with Gasteiger partial charge in [0.15, 0.2) is 0 Å². The third-order valence-electron chi connectivity index (χ3n) is 5.96. The first-order chi connectivity index (χ1) is 10.1. The molecule has 3 rings (SSSR count). The van der Waals surface area contributed by atoms with Gasteiger partial charge in [0.1, 0.15) is 0 Å². The zero-order chi connectivity index (χ0) is 14.9. The largest absolute Gasteiger partial charge is 0.307 e. The maximum absolute atomic E-state index is 3.81. The first-order valence-electron chi connectivity index (χ1n) is 8.65.